The van der Waals surface area contributed by atoms with Crippen LogP contribution in [0, 0.1) is 22.7 Å². The lowest BCUT2D eigenvalue weighted by atomic mass is 10.0. The largest absolute Gasteiger partial charge is 0.410 e. The maximum absolute atomic E-state index is 12.4. The number of fused-ring (bicyclic) bond motifs is 1. The summed E-state index contributed by atoms with van der Waals surface area (Å²) in [6.07, 6.45) is 4.70. The Morgan fingerprint density at radius 1 is 1.06 bits per heavy atom. The Balaban J connectivity index is 1.52. The number of nitriles is 2. The first-order valence-electron chi connectivity index (χ1n) is 16.0. The Bertz CT molecular complexity index is 1810. The predicted molar refractivity (Wildman–Crippen MR) is 186 cm³/mol. The fourth-order valence-corrected chi connectivity index (χ4v) is 13.7. The lowest BCUT2D eigenvalue weighted by Crippen LogP contribution is -2.61. The SMILES string of the molecule is CC(C)[Si](O[C@H]1CN(c2cc(C#N)cc(Nc3nc(NC4CC4)c4ncc(C#N)n4n3)c2Cl)CC[C@H]1NS(C)(=O)=O)(C(C)C)C(C)C. The van der Waals surface area contributed by atoms with Crippen molar-refractivity contribution < 1.29 is 12.8 Å². The van der Waals surface area contributed by atoms with Crippen molar-refractivity contribution in [3.63, 3.8) is 0 Å². The van der Waals surface area contributed by atoms with Gasteiger partial charge in [0, 0.05) is 19.1 Å². The van der Waals surface area contributed by atoms with Crippen molar-refractivity contribution in [2.75, 3.05) is 34.9 Å². The Hall–Kier alpha value is -3.47. The van der Waals surface area contributed by atoms with Gasteiger partial charge in [0.25, 0.3) is 0 Å². The van der Waals surface area contributed by atoms with Crippen LogP contribution < -0.4 is 20.3 Å². The summed E-state index contributed by atoms with van der Waals surface area (Å²) in [7, 11) is -5.90. The lowest BCUT2D eigenvalue weighted by Gasteiger charge is -2.49. The molecule has 2 aromatic heterocycles. The highest BCUT2D eigenvalue weighted by molar-refractivity contribution is 7.88. The average Bonchev–Trinajstić information content (AvgIpc) is 3.71. The third kappa shape index (κ3) is 7.34. The minimum Gasteiger partial charge on any atom is -0.410 e. The van der Waals surface area contributed by atoms with Crippen molar-refractivity contribution in [2.45, 2.75) is 95.6 Å². The molecule has 0 unspecified atom stereocenters. The summed E-state index contributed by atoms with van der Waals surface area (Å²) >= 11 is 7.09. The molecule has 13 nitrogen and oxygen atoms in total. The monoisotopic (exact) mass is 698 g/mol. The first kappa shape index (κ1) is 34.9. The number of sulfonamides is 1. The maximum Gasteiger partial charge on any atom is 0.247 e. The van der Waals surface area contributed by atoms with Gasteiger partial charge in [-0.2, -0.15) is 20.0 Å². The van der Waals surface area contributed by atoms with Crippen LogP contribution >= 0.6 is 11.6 Å². The van der Waals surface area contributed by atoms with Crippen LogP contribution in [-0.2, 0) is 14.4 Å². The summed E-state index contributed by atoms with van der Waals surface area (Å²) in [5.41, 5.74) is 2.99. The van der Waals surface area contributed by atoms with Crippen molar-refractivity contribution >= 4 is 58.7 Å². The Morgan fingerprint density at radius 2 is 1.74 bits per heavy atom. The summed E-state index contributed by atoms with van der Waals surface area (Å²) in [5.74, 6) is 0.671. The van der Waals surface area contributed by atoms with E-state index in [-0.39, 0.29) is 17.7 Å². The van der Waals surface area contributed by atoms with Crippen molar-refractivity contribution in [3.05, 3.63) is 34.6 Å². The quantitative estimate of drug-likeness (QED) is 0.203. The highest BCUT2D eigenvalue weighted by atomic mass is 35.5. The molecule has 2 fully saturated rings. The second-order valence-electron chi connectivity index (χ2n) is 13.5. The number of aromatic nitrogens is 4. The molecule has 1 saturated heterocycles. The molecule has 3 N–H and O–H groups in total. The molecule has 1 saturated carbocycles. The predicted octanol–water partition coefficient (Wildman–Crippen LogP) is 5.53. The molecule has 0 amide bonds. The van der Waals surface area contributed by atoms with Gasteiger partial charge in [-0.15, -0.1) is 5.10 Å². The van der Waals surface area contributed by atoms with Crippen LogP contribution in [-0.4, -0.2) is 73.9 Å². The van der Waals surface area contributed by atoms with Gasteiger partial charge in [-0.1, -0.05) is 53.1 Å². The number of nitrogens with one attached hydrogen (secondary N) is 3. The molecule has 0 bridgehead atoms. The van der Waals surface area contributed by atoms with Crippen LogP contribution in [0.5, 0.6) is 0 Å². The molecule has 3 heterocycles. The summed E-state index contributed by atoms with van der Waals surface area (Å²) in [4.78, 5) is 11.0. The molecule has 1 aliphatic carbocycles. The number of hydrogen-bond acceptors (Lipinski definition) is 11. The molecule has 0 spiro atoms. The minimum absolute atomic E-state index is 0.178. The van der Waals surface area contributed by atoms with E-state index < -0.39 is 30.5 Å². The van der Waals surface area contributed by atoms with E-state index in [1.165, 1.54) is 17.0 Å². The van der Waals surface area contributed by atoms with Gasteiger partial charge in [0.2, 0.25) is 24.3 Å². The number of imidazole rings is 1. The van der Waals surface area contributed by atoms with E-state index in [9.17, 15) is 18.9 Å². The molecule has 1 aromatic carbocycles. The smallest absolute Gasteiger partial charge is 0.247 e. The number of anilines is 4. The van der Waals surface area contributed by atoms with Gasteiger partial charge in [0.1, 0.15) is 6.07 Å². The van der Waals surface area contributed by atoms with Crippen molar-refractivity contribution in [2.24, 2.45) is 0 Å². The van der Waals surface area contributed by atoms with E-state index in [0.717, 1.165) is 12.8 Å². The Labute approximate surface area is 282 Å². The summed E-state index contributed by atoms with van der Waals surface area (Å²) in [5, 5.41) is 31.0. The Kier molecular flexibility index (Phi) is 10.1. The standard InChI is InChI=1S/C31H43ClN10O3SSi/c1-18(2)47(19(3)4,20(5)6)45-27-17-41(11-10-24(27)40-46(7,43)44)26-13-21(14-33)12-25(28(26)32)37-31-38-29(36-22-8-9-22)30-35-16-23(15-34)42(30)39-31/h12-13,16,18-20,22,24,27,40H,8-11,17H2,1-7H3,(H2,36,37,38,39)/t24-,27+/m1/s1. The third-order valence-electron chi connectivity index (χ3n) is 9.15. The normalized spacial score (nSPS) is 19.0. The highest BCUT2D eigenvalue weighted by Crippen LogP contribution is 2.45. The van der Waals surface area contributed by atoms with Gasteiger partial charge in [-0.25, -0.2) is 18.1 Å². The fourth-order valence-electron chi connectivity index (χ4n) is 6.98. The number of nitrogens with zero attached hydrogens (tertiary/aromatic N) is 7. The molecular weight excluding hydrogens is 656 g/mol. The summed E-state index contributed by atoms with van der Waals surface area (Å²) < 4.78 is 36.3. The lowest BCUT2D eigenvalue weighted by molar-refractivity contribution is 0.127. The third-order valence-corrected chi connectivity index (χ3v) is 16.4. The zero-order valence-electron chi connectivity index (χ0n) is 27.9. The van der Waals surface area contributed by atoms with Crippen LogP contribution in [0.15, 0.2) is 18.3 Å². The van der Waals surface area contributed by atoms with Gasteiger partial charge < -0.3 is 20.0 Å². The van der Waals surface area contributed by atoms with E-state index >= 15 is 0 Å². The first-order chi connectivity index (χ1) is 22.2. The molecule has 5 rings (SSSR count). The van der Waals surface area contributed by atoms with E-state index in [2.05, 4.69) is 89.0 Å². The van der Waals surface area contributed by atoms with Crippen LogP contribution in [0.2, 0.25) is 21.6 Å². The minimum atomic E-state index is -3.50. The van der Waals surface area contributed by atoms with Gasteiger partial charge in [0.15, 0.2) is 17.2 Å². The van der Waals surface area contributed by atoms with Crippen LogP contribution in [0.1, 0.15) is 72.1 Å². The second-order valence-corrected chi connectivity index (χ2v) is 21.1. The van der Waals surface area contributed by atoms with Crippen LogP contribution in [0.3, 0.4) is 0 Å². The number of hydrogen-bond donors (Lipinski definition) is 3. The van der Waals surface area contributed by atoms with Crippen LogP contribution in [0.25, 0.3) is 5.65 Å². The summed E-state index contributed by atoms with van der Waals surface area (Å²) in [6, 6.07) is 7.57. The molecule has 3 aromatic rings. The molecule has 47 heavy (non-hydrogen) atoms. The van der Waals surface area contributed by atoms with Crippen molar-refractivity contribution in [1.82, 2.24) is 24.3 Å². The number of rotatable bonds is 12. The number of benzene rings is 1. The number of piperidine rings is 1. The second kappa shape index (κ2) is 13.6. The van der Waals surface area contributed by atoms with Gasteiger partial charge in [-0.3, -0.25) is 0 Å². The molecule has 1 aliphatic heterocycles. The fraction of sp³-hybridized carbons (Fsp3) is 0.581. The van der Waals surface area contributed by atoms with Crippen molar-refractivity contribution in [3.8, 4) is 12.1 Å². The average molecular weight is 699 g/mol. The molecular formula is C31H43ClN10O3SSi. The van der Waals surface area contributed by atoms with E-state index in [1.807, 2.05) is 0 Å². The molecule has 0 radical (unpaired) electrons. The zero-order valence-corrected chi connectivity index (χ0v) is 30.4. The van der Waals surface area contributed by atoms with E-state index in [4.69, 9.17) is 16.0 Å². The topological polar surface area (TPSA) is 173 Å². The van der Waals surface area contributed by atoms with Gasteiger partial charge >= 0.3 is 0 Å². The van der Waals surface area contributed by atoms with E-state index in [1.54, 1.807) is 12.1 Å². The number of halogens is 1. The summed E-state index contributed by atoms with van der Waals surface area (Å²) in [6.45, 7) is 14.1. The molecule has 252 valence electrons. The van der Waals surface area contributed by atoms with E-state index in [0.29, 0.717) is 69.6 Å². The first-order valence-corrected chi connectivity index (χ1v) is 20.4. The van der Waals surface area contributed by atoms with Crippen LogP contribution in [0.4, 0.5) is 23.1 Å². The Morgan fingerprint density at radius 3 is 2.32 bits per heavy atom. The van der Waals surface area contributed by atoms with Gasteiger partial charge in [-0.05, 0) is 48.0 Å². The van der Waals surface area contributed by atoms with Gasteiger partial charge in [0.05, 0.1) is 52.6 Å². The molecule has 2 aliphatic rings. The maximum atomic E-state index is 12.4. The highest BCUT2D eigenvalue weighted by Gasteiger charge is 2.49. The van der Waals surface area contributed by atoms with Crippen molar-refractivity contribution in [1.29, 1.82) is 10.5 Å². The molecule has 2 atom stereocenters. The molecule has 16 heteroatoms. The zero-order chi connectivity index (χ0) is 34.3.